The van der Waals surface area contributed by atoms with Crippen LogP contribution in [0.4, 0.5) is 4.39 Å². The summed E-state index contributed by atoms with van der Waals surface area (Å²) in [6, 6.07) is 9.56. The predicted molar refractivity (Wildman–Crippen MR) is 73.4 cm³/mol. The minimum absolute atomic E-state index is 0.0565. The van der Waals surface area contributed by atoms with Gasteiger partial charge in [-0.2, -0.15) is 5.26 Å². The van der Waals surface area contributed by atoms with E-state index in [1.165, 1.54) is 16.7 Å². The second-order valence-electron chi connectivity index (χ2n) is 4.13. The van der Waals surface area contributed by atoms with Crippen LogP contribution in [0.2, 0.25) is 0 Å². The van der Waals surface area contributed by atoms with Gasteiger partial charge in [0.25, 0.3) is 5.56 Å². The number of hydrogen-bond donors (Lipinski definition) is 0. The first-order valence-corrected chi connectivity index (χ1v) is 6.36. The Morgan fingerprint density at radius 1 is 1.37 bits per heavy atom. The molecule has 0 bridgehead atoms. The standard InChI is InChI=1S/C14H10BrFN2O/c1-9-2-3-10(7-17)14(19)18(9)8-11-6-12(15)4-5-13(11)16/h2-6H,8H2,1H3. The molecule has 96 valence electrons. The molecule has 2 aromatic rings. The highest BCUT2D eigenvalue weighted by Gasteiger charge is 2.09. The summed E-state index contributed by atoms with van der Waals surface area (Å²) in [6.07, 6.45) is 0. The second kappa shape index (κ2) is 5.37. The highest BCUT2D eigenvalue weighted by molar-refractivity contribution is 9.10. The van der Waals surface area contributed by atoms with Crippen molar-refractivity contribution in [3.63, 3.8) is 0 Å². The van der Waals surface area contributed by atoms with Crippen molar-refractivity contribution in [3.05, 3.63) is 67.8 Å². The van der Waals surface area contributed by atoms with E-state index in [1.54, 1.807) is 25.1 Å². The second-order valence-corrected chi connectivity index (χ2v) is 5.04. The molecule has 0 aliphatic heterocycles. The molecule has 19 heavy (non-hydrogen) atoms. The molecule has 1 heterocycles. The third-order valence-corrected chi connectivity index (χ3v) is 3.34. The Bertz CT molecular complexity index is 731. The Labute approximate surface area is 118 Å². The fraction of sp³-hybridized carbons (Fsp3) is 0.143. The highest BCUT2D eigenvalue weighted by Crippen LogP contribution is 2.16. The van der Waals surface area contributed by atoms with Crippen molar-refractivity contribution in [2.45, 2.75) is 13.5 Å². The van der Waals surface area contributed by atoms with Crippen LogP contribution in [0.5, 0.6) is 0 Å². The van der Waals surface area contributed by atoms with Crippen LogP contribution < -0.4 is 5.56 Å². The first-order valence-electron chi connectivity index (χ1n) is 5.57. The Morgan fingerprint density at radius 2 is 2.11 bits per heavy atom. The number of aryl methyl sites for hydroxylation is 1. The van der Waals surface area contributed by atoms with Gasteiger partial charge in [-0.25, -0.2) is 4.39 Å². The maximum Gasteiger partial charge on any atom is 0.268 e. The summed E-state index contributed by atoms with van der Waals surface area (Å²) >= 11 is 3.27. The van der Waals surface area contributed by atoms with Gasteiger partial charge in [-0.15, -0.1) is 0 Å². The Morgan fingerprint density at radius 3 is 2.79 bits per heavy atom. The minimum Gasteiger partial charge on any atom is -0.307 e. The number of halogens is 2. The van der Waals surface area contributed by atoms with Crippen LogP contribution in [-0.4, -0.2) is 4.57 Å². The van der Waals surface area contributed by atoms with Gasteiger partial charge in [0.2, 0.25) is 0 Å². The van der Waals surface area contributed by atoms with Crippen LogP contribution in [0.15, 0.2) is 39.6 Å². The molecule has 0 fully saturated rings. The minimum atomic E-state index is -0.401. The number of aromatic nitrogens is 1. The van der Waals surface area contributed by atoms with Gasteiger partial charge in [-0.3, -0.25) is 4.79 Å². The van der Waals surface area contributed by atoms with E-state index >= 15 is 0 Å². The van der Waals surface area contributed by atoms with E-state index in [-0.39, 0.29) is 17.9 Å². The summed E-state index contributed by atoms with van der Waals surface area (Å²) in [5.74, 6) is -0.378. The van der Waals surface area contributed by atoms with Gasteiger partial charge >= 0.3 is 0 Å². The van der Waals surface area contributed by atoms with Crippen molar-refractivity contribution < 1.29 is 4.39 Å². The van der Waals surface area contributed by atoms with E-state index in [9.17, 15) is 9.18 Å². The van der Waals surface area contributed by atoms with Crippen molar-refractivity contribution in [3.8, 4) is 6.07 Å². The lowest BCUT2D eigenvalue weighted by molar-refractivity contribution is 0.592. The van der Waals surface area contributed by atoms with Gasteiger partial charge in [0.05, 0.1) is 6.54 Å². The molecule has 0 saturated carbocycles. The van der Waals surface area contributed by atoms with E-state index in [0.717, 1.165) is 4.47 Å². The van der Waals surface area contributed by atoms with Crippen molar-refractivity contribution in [2.75, 3.05) is 0 Å². The molecule has 0 aliphatic carbocycles. The van der Waals surface area contributed by atoms with Gasteiger partial charge in [0.15, 0.2) is 0 Å². The number of benzene rings is 1. The zero-order valence-corrected chi connectivity index (χ0v) is 11.7. The largest absolute Gasteiger partial charge is 0.307 e. The van der Waals surface area contributed by atoms with Gasteiger partial charge in [0.1, 0.15) is 17.4 Å². The smallest absolute Gasteiger partial charge is 0.268 e. The lowest BCUT2D eigenvalue weighted by Crippen LogP contribution is -2.25. The van der Waals surface area contributed by atoms with E-state index in [4.69, 9.17) is 5.26 Å². The fourth-order valence-corrected chi connectivity index (χ4v) is 2.20. The van der Waals surface area contributed by atoms with E-state index in [1.807, 2.05) is 6.07 Å². The van der Waals surface area contributed by atoms with Crippen LogP contribution in [0.3, 0.4) is 0 Å². The molecule has 5 heteroatoms. The molecular weight excluding hydrogens is 311 g/mol. The third-order valence-electron chi connectivity index (χ3n) is 2.85. The molecule has 2 rings (SSSR count). The molecule has 0 spiro atoms. The van der Waals surface area contributed by atoms with Crippen LogP contribution in [0.1, 0.15) is 16.8 Å². The molecule has 0 N–H and O–H groups in total. The maximum absolute atomic E-state index is 13.7. The molecule has 0 aliphatic rings. The monoisotopic (exact) mass is 320 g/mol. The molecule has 1 aromatic heterocycles. The summed E-state index contributed by atoms with van der Waals surface area (Å²) in [4.78, 5) is 12.0. The molecule has 0 saturated heterocycles. The van der Waals surface area contributed by atoms with E-state index < -0.39 is 5.56 Å². The van der Waals surface area contributed by atoms with E-state index in [2.05, 4.69) is 15.9 Å². The van der Waals surface area contributed by atoms with Gasteiger partial charge < -0.3 is 4.57 Å². The van der Waals surface area contributed by atoms with Crippen molar-refractivity contribution in [1.82, 2.24) is 4.57 Å². The van der Waals surface area contributed by atoms with Crippen LogP contribution in [0, 0.1) is 24.1 Å². The number of nitrogens with zero attached hydrogens (tertiary/aromatic N) is 2. The molecule has 1 aromatic carbocycles. The van der Waals surface area contributed by atoms with Crippen LogP contribution >= 0.6 is 15.9 Å². The molecule has 0 unspecified atom stereocenters. The molecule has 0 amide bonds. The molecule has 0 atom stereocenters. The summed E-state index contributed by atoms with van der Waals surface area (Å²) < 4.78 is 15.8. The average Bonchev–Trinajstić information content (AvgIpc) is 2.38. The van der Waals surface area contributed by atoms with Crippen LogP contribution in [0.25, 0.3) is 0 Å². The van der Waals surface area contributed by atoms with Gasteiger partial charge in [-0.05, 0) is 37.3 Å². The maximum atomic E-state index is 13.7. The van der Waals surface area contributed by atoms with E-state index in [0.29, 0.717) is 11.3 Å². The van der Waals surface area contributed by atoms with Gasteiger partial charge in [0, 0.05) is 15.7 Å². The lowest BCUT2D eigenvalue weighted by Gasteiger charge is -2.11. The molecular formula is C14H10BrFN2O. The SMILES string of the molecule is Cc1ccc(C#N)c(=O)n1Cc1cc(Br)ccc1F. The Hall–Kier alpha value is -1.93. The highest BCUT2D eigenvalue weighted by atomic mass is 79.9. The summed E-state index contributed by atoms with van der Waals surface area (Å²) in [5.41, 5.74) is 0.737. The first kappa shape index (κ1) is 13.5. The number of rotatable bonds is 2. The predicted octanol–water partition coefficient (Wildman–Crippen LogP) is 2.98. The summed E-state index contributed by atoms with van der Waals surface area (Å²) in [6.45, 7) is 1.85. The summed E-state index contributed by atoms with van der Waals surface area (Å²) in [5, 5.41) is 8.85. The van der Waals surface area contributed by atoms with Crippen LogP contribution in [-0.2, 0) is 6.54 Å². The molecule has 0 radical (unpaired) electrons. The molecule has 3 nitrogen and oxygen atoms in total. The third kappa shape index (κ3) is 2.74. The fourth-order valence-electron chi connectivity index (χ4n) is 1.79. The van der Waals surface area contributed by atoms with Crippen molar-refractivity contribution in [2.24, 2.45) is 0 Å². The van der Waals surface area contributed by atoms with Gasteiger partial charge in [-0.1, -0.05) is 15.9 Å². The Balaban J connectivity index is 2.53. The number of nitriles is 1. The zero-order chi connectivity index (χ0) is 14.0. The first-order chi connectivity index (χ1) is 9.02. The summed E-state index contributed by atoms with van der Waals surface area (Å²) in [7, 11) is 0. The Kier molecular flexibility index (Phi) is 3.82. The normalized spacial score (nSPS) is 10.2. The quantitative estimate of drug-likeness (QED) is 0.854. The topological polar surface area (TPSA) is 45.8 Å². The lowest BCUT2D eigenvalue weighted by atomic mass is 10.2. The van der Waals surface area contributed by atoms with Crippen molar-refractivity contribution in [1.29, 1.82) is 5.26 Å². The number of pyridine rings is 1. The zero-order valence-electron chi connectivity index (χ0n) is 10.2. The average molecular weight is 321 g/mol. The number of hydrogen-bond acceptors (Lipinski definition) is 2. The van der Waals surface area contributed by atoms with Crippen molar-refractivity contribution >= 4 is 15.9 Å².